The van der Waals surface area contributed by atoms with Crippen molar-refractivity contribution >= 4 is 22.9 Å². The van der Waals surface area contributed by atoms with E-state index >= 15 is 0 Å². The highest BCUT2D eigenvalue weighted by Crippen LogP contribution is 2.30. The standard InChI is InChI=1S/C9H12ClNS/c1-6(2)5-8(11)9-7(10)3-4-12-9/h3-4,8H,1,5,11H2,2H3/t8-/m1/s1. The van der Waals surface area contributed by atoms with Crippen LogP contribution in [0.3, 0.4) is 0 Å². The van der Waals surface area contributed by atoms with Crippen molar-refractivity contribution in [2.45, 2.75) is 19.4 Å². The lowest BCUT2D eigenvalue weighted by Crippen LogP contribution is -2.08. The van der Waals surface area contributed by atoms with Gasteiger partial charge in [0, 0.05) is 10.9 Å². The number of hydrogen-bond acceptors (Lipinski definition) is 2. The topological polar surface area (TPSA) is 26.0 Å². The van der Waals surface area contributed by atoms with E-state index in [0.29, 0.717) is 0 Å². The van der Waals surface area contributed by atoms with E-state index in [-0.39, 0.29) is 6.04 Å². The Kier molecular flexibility index (Phi) is 3.32. The summed E-state index contributed by atoms with van der Waals surface area (Å²) in [7, 11) is 0. The van der Waals surface area contributed by atoms with Gasteiger partial charge in [0.2, 0.25) is 0 Å². The molecule has 0 aliphatic heterocycles. The molecule has 0 aromatic carbocycles. The zero-order chi connectivity index (χ0) is 9.14. The first-order valence-electron chi connectivity index (χ1n) is 3.74. The molecule has 0 spiro atoms. The Bertz CT molecular complexity index is 280. The summed E-state index contributed by atoms with van der Waals surface area (Å²) in [4.78, 5) is 1.06. The molecule has 66 valence electrons. The quantitative estimate of drug-likeness (QED) is 0.746. The highest BCUT2D eigenvalue weighted by molar-refractivity contribution is 7.10. The minimum Gasteiger partial charge on any atom is -0.323 e. The minimum atomic E-state index is 0.00926. The van der Waals surface area contributed by atoms with Crippen LogP contribution in [-0.4, -0.2) is 0 Å². The van der Waals surface area contributed by atoms with Crippen LogP contribution in [0.25, 0.3) is 0 Å². The van der Waals surface area contributed by atoms with Gasteiger partial charge in [-0.3, -0.25) is 0 Å². The van der Waals surface area contributed by atoms with Crippen molar-refractivity contribution in [1.82, 2.24) is 0 Å². The number of rotatable bonds is 3. The zero-order valence-electron chi connectivity index (χ0n) is 7.01. The SMILES string of the molecule is C=C(C)C[C@@H](N)c1sccc1Cl. The summed E-state index contributed by atoms with van der Waals surface area (Å²) >= 11 is 7.52. The molecule has 0 fully saturated rings. The molecule has 0 bridgehead atoms. The molecule has 1 aromatic rings. The Morgan fingerprint density at radius 2 is 2.50 bits per heavy atom. The van der Waals surface area contributed by atoms with Crippen LogP contribution in [0.2, 0.25) is 5.02 Å². The van der Waals surface area contributed by atoms with Crippen LogP contribution in [-0.2, 0) is 0 Å². The molecule has 2 N–H and O–H groups in total. The van der Waals surface area contributed by atoms with Gasteiger partial charge in [-0.2, -0.15) is 0 Å². The molecule has 0 radical (unpaired) electrons. The molecule has 0 aliphatic rings. The lowest BCUT2D eigenvalue weighted by atomic mass is 10.1. The monoisotopic (exact) mass is 201 g/mol. The molecular weight excluding hydrogens is 190 g/mol. The van der Waals surface area contributed by atoms with Crippen LogP contribution in [0.5, 0.6) is 0 Å². The Labute approximate surface area is 81.9 Å². The highest BCUT2D eigenvalue weighted by atomic mass is 35.5. The van der Waals surface area contributed by atoms with Crippen LogP contribution >= 0.6 is 22.9 Å². The summed E-state index contributed by atoms with van der Waals surface area (Å²) in [6.07, 6.45) is 0.806. The van der Waals surface area contributed by atoms with Crippen molar-refractivity contribution in [3.8, 4) is 0 Å². The summed E-state index contributed by atoms with van der Waals surface area (Å²) < 4.78 is 0. The molecule has 1 aromatic heterocycles. The highest BCUT2D eigenvalue weighted by Gasteiger charge is 2.10. The average molecular weight is 202 g/mol. The van der Waals surface area contributed by atoms with Crippen molar-refractivity contribution in [2.75, 3.05) is 0 Å². The summed E-state index contributed by atoms with van der Waals surface area (Å²) in [6, 6.07) is 1.88. The Morgan fingerprint density at radius 3 is 2.92 bits per heavy atom. The predicted octanol–water partition coefficient (Wildman–Crippen LogP) is 3.37. The van der Waals surface area contributed by atoms with Gasteiger partial charge >= 0.3 is 0 Å². The normalized spacial score (nSPS) is 12.9. The maximum Gasteiger partial charge on any atom is 0.0561 e. The number of hydrogen-bond donors (Lipinski definition) is 1. The summed E-state index contributed by atoms with van der Waals surface area (Å²) in [6.45, 7) is 5.79. The maximum absolute atomic E-state index is 5.92. The molecule has 0 saturated carbocycles. The molecule has 1 rings (SSSR count). The first-order valence-corrected chi connectivity index (χ1v) is 5.00. The summed E-state index contributed by atoms with van der Waals surface area (Å²) in [5, 5.41) is 2.73. The van der Waals surface area contributed by atoms with Gasteiger partial charge in [-0.25, -0.2) is 0 Å². The molecule has 0 amide bonds. The van der Waals surface area contributed by atoms with E-state index in [0.717, 1.165) is 21.9 Å². The third-order valence-electron chi connectivity index (χ3n) is 1.55. The van der Waals surface area contributed by atoms with Gasteiger partial charge in [0.15, 0.2) is 0 Å². The first kappa shape index (κ1) is 9.78. The number of thiophene rings is 1. The lowest BCUT2D eigenvalue weighted by molar-refractivity contribution is 0.731. The van der Waals surface area contributed by atoms with Gasteiger partial charge in [0.25, 0.3) is 0 Å². The van der Waals surface area contributed by atoms with Crippen LogP contribution in [0.4, 0.5) is 0 Å². The molecular formula is C9H12ClNS. The fourth-order valence-corrected chi connectivity index (χ4v) is 2.24. The second-order valence-electron chi connectivity index (χ2n) is 2.90. The van der Waals surface area contributed by atoms with Crippen LogP contribution in [0, 0.1) is 0 Å². The molecule has 1 heterocycles. The Balaban J connectivity index is 2.71. The molecule has 1 atom stereocenters. The minimum absolute atomic E-state index is 0.00926. The molecule has 1 nitrogen and oxygen atoms in total. The van der Waals surface area contributed by atoms with E-state index in [1.807, 2.05) is 18.4 Å². The lowest BCUT2D eigenvalue weighted by Gasteiger charge is -2.09. The van der Waals surface area contributed by atoms with E-state index < -0.39 is 0 Å². The van der Waals surface area contributed by atoms with Gasteiger partial charge in [0.05, 0.1) is 5.02 Å². The maximum atomic E-state index is 5.92. The first-order chi connectivity index (χ1) is 5.61. The fraction of sp³-hybridized carbons (Fsp3) is 0.333. The van der Waals surface area contributed by atoms with Crippen molar-refractivity contribution in [3.05, 3.63) is 33.5 Å². The van der Waals surface area contributed by atoms with Gasteiger partial charge in [-0.05, 0) is 24.8 Å². The fourth-order valence-electron chi connectivity index (χ4n) is 1.04. The summed E-state index contributed by atoms with van der Waals surface area (Å²) in [5.74, 6) is 0. The zero-order valence-corrected chi connectivity index (χ0v) is 8.58. The van der Waals surface area contributed by atoms with Crippen molar-refractivity contribution in [1.29, 1.82) is 0 Å². The van der Waals surface area contributed by atoms with E-state index in [1.165, 1.54) is 0 Å². The second-order valence-corrected chi connectivity index (χ2v) is 4.26. The van der Waals surface area contributed by atoms with Crippen LogP contribution in [0.1, 0.15) is 24.3 Å². The number of nitrogens with two attached hydrogens (primary N) is 1. The smallest absolute Gasteiger partial charge is 0.0561 e. The molecule has 0 unspecified atom stereocenters. The number of halogens is 1. The van der Waals surface area contributed by atoms with Gasteiger partial charge in [-0.1, -0.05) is 17.2 Å². The van der Waals surface area contributed by atoms with Crippen molar-refractivity contribution in [3.63, 3.8) is 0 Å². The Hall–Kier alpha value is -0.310. The second kappa shape index (κ2) is 4.08. The summed E-state index contributed by atoms with van der Waals surface area (Å²) in [5.41, 5.74) is 7.00. The molecule has 0 saturated heterocycles. The molecule has 12 heavy (non-hydrogen) atoms. The van der Waals surface area contributed by atoms with E-state index in [1.54, 1.807) is 11.3 Å². The van der Waals surface area contributed by atoms with Crippen molar-refractivity contribution < 1.29 is 0 Å². The van der Waals surface area contributed by atoms with E-state index in [2.05, 4.69) is 6.58 Å². The predicted molar refractivity (Wildman–Crippen MR) is 55.7 cm³/mol. The average Bonchev–Trinajstić information content (AvgIpc) is 2.33. The van der Waals surface area contributed by atoms with Gasteiger partial charge < -0.3 is 5.73 Å². The van der Waals surface area contributed by atoms with Gasteiger partial charge in [-0.15, -0.1) is 17.9 Å². The van der Waals surface area contributed by atoms with E-state index in [9.17, 15) is 0 Å². The molecule has 0 aliphatic carbocycles. The Morgan fingerprint density at radius 1 is 1.83 bits per heavy atom. The third kappa shape index (κ3) is 2.34. The van der Waals surface area contributed by atoms with Crippen molar-refractivity contribution in [2.24, 2.45) is 5.73 Å². The van der Waals surface area contributed by atoms with E-state index in [4.69, 9.17) is 17.3 Å². The largest absolute Gasteiger partial charge is 0.323 e. The van der Waals surface area contributed by atoms with Crippen LogP contribution < -0.4 is 5.73 Å². The van der Waals surface area contributed by atoms with Gasteiger partial charge in [0.1, 0.15) is 0 Å². The molecule has 3 heteroatoms. The van der Waals surface area contributed by atoms with Crippen LogP contribution in [0.15, 0.2) is 23.6 Å². The third-order valence-corrected chi connectivity index (χ3v) is 3.04.